The Balaban J connectivity index is 0.00000392. The summed E-state index contributed by atoms with van der Waals surface area (Å²) in [6.45, 7) is 3.50. The number of benzene rings is 1. The Hall–Kier alpha value is -1.98. The quantitative estimate of drug-likeness (QED) is 0.268. The van der Waals surface area contributed by atoms with Crippen molar-refractivity contribution in [3.8, 4) is 5.75 Å². The molecule has 156 valence electrons. The van der Waals surface area contributed by atoms with E-state index in [0.717, 1.165) is 11.6 Å². The zero-order valence-electron chi connectivity index (χ0n) is 16.0. The number of nitrogens with one attached hydrogen (secondary N) is 1. The van der Waals surface area contributed by atoms with Gasteiger partial charge >= 0.3 is 6.18 Å². The van der Waals surface area contributed by atoms with Crippen LogP contribution in [-0.2, 0) is 19.8 Å². The summed E-state index contributed by atoms with van der Waals surface area (Å²) in [5.41, 5.74) is 0.246. The van der Waals surface area contributed by atoms with Crippen LogP contribution in [0.1, 0.15) is 18.1 Å². The van der Waals surface area contributed by atoms with E-state index in [-0.39, 0.29) is 42.9 Å². The number of nitrogens with zero attached hydrogens (tertiary/aromatic N) is 4. The van der Waals surface area contributed by atoms with Gasteiger partial charge in [-0.2, -0.15) is 18.3 Å². The summed E-state index contributed by atoms with van der Waals surface area (Å²) in [5.74, 6) is 0.461. The van der Waals surface area contributed by atoms with Gasteiger partial charge in [0.15, 0.2) is 5.96 Å². The van der Waals surface area contributed by atoms with Crippen molar-refractivity contribution in [2.45, 2.75) is 19.6 Å². The number of hydrogen-bond donors (Lipinski definition) is 1. The third kappa shape index (κ3) is 7.21. The topological polar surface area (TPSA) is 54.7 Å². The van der Waals surface area contributed by atoms with E-state index in [1.165, 1.54) is 18.2 Å². The highest BCUT2D eigenvalue weighted by Crippen LogP contribution is 2.35. The molecule has 0 amide bonds. The summed E-state index contributed by atoms with van der Waals surface area (Å²) >= 11 is 0. The van der Waals surface area contributed by atoms with Crippen molar-refractivity contribution in [2.75, 3.05) is 26.7 Å². The standard InChI is InChI=1S/C18H24F3N5O.HI/c1-4-22-17(25(2)12-14-11-24-26(3)13-14)23-9-10-27-16-8-6-5-7-15(16)18(19,20)21;/h5-8,11,13H,4,9-10,12H2,1-3H3,(H,22,23);1H. The lowest BCUT2D eigenvalue weighted by Crippen LogP contribution is -2.38. The molecule has 1 aromatic carbocycles. The normalized spacial score (nSPS) is 11.7. The lowest BCUT2D eigenvalue weighted by molar-refractivity contribution is -0.138. The average molecular weight is 511 g/mol. The van der Waals surface area contributed by atoms with E-state index in [0.29, 0.717) is 19.0 Å². The highest BCUT2D eigenvalue weighted by molar-refractivity contribution is 14.0. The molecule has 0 saturated heterocycles. The molecular formula is C18H25F3IN5O. The van der Waals surface area contributed by atoms with Gasteiger partial charge in [-0.05, 0) is 19.1 Å². The molecule has 1 heterocycles. The molecule has 2 aromatic rings. The Morgan fingerprint density at radius 1 is 1.32 bits per heavy atom. The van der Waals surface area contributed by atoms with Crippen LogP contribution >= 0.6 is 24.0 Å². The van der Waals surface area contributed by atoms with Crippen LogP contribution in [-0.4, -0.2) is 47.4 Å². The Kier molecular flexibility index (Phi) is 9.56. The molecule has 0 unspecified atom stereocenters. The van der Waals surface area contributed by atoms with Gasteiger partial charge in [0.2, 0.25) is 0 Å². The summed E-state index contributed by atoms with van der Waals surface area (Å²) in [7, 11) is 3.73. The zero-order valence-corrected chi connectivity index (χ0v) is 18.4. The molecule has 0 radical (unpaired) electrons. The first-order chi connectivity index (χ1) is 12.8. The van der Waals surface area contributed by atoms with Gasteiger partial charge in [0.25, 0.3) is 0 Å². The minimum atomic E-state index is -4.45. The highest BCUT2D eigenvalue weighted by atomic mass is 127. The monoisotopic (exact) mass is 511 g/mol. The first-order valence-electron chi connectivity index (χ1n) is 8.57. The Morgan fingerprint density at radius 2 is 2.04 bits per heavy atom. The van der Waals surface area contributed by atoms with E-state index in [2.05, 4.69) is 15.4 Å². The molecule has 2 rings (SSSR count). The SMILES string of the molecule is CCNC(=NCCOc1ccccc1C(F)(F)F)N(C)Cc1cnn(C)c1.I. The van der Waals surface area contributed by atoms with E-state index >= 15 is 0 Å². The first kappa shape index (κ1) is 24.1. The number of alkyl halides is 3. The van der Waals surface area contributed by atoms with Crippen LogP contribution in [0.4, 0.5) is 13.2 Å². The van der Waals surface area contributed by atoms with E-state index in [9.17, 15) is 13.2 Å². The second kappa shape index (κ2) is 11.1. The lowest BCUT2D eigenvalue weighted by atomic mass is 10.2. The van der Waals surface area contributed by atoms with Gasteiger partial charge in [0.1, 0.15) is 12.4 Å². The number of aromatic nitrogens is 2. The van der Waals surface area contributed by atoms with Crippen molar-refractivity contribution in [1.29, 1.82) is 0 Å². The van der Waals surface area contributed by atoms with Crippen LogP contribution in [0, 0.1) is 0 Å². The van der Waals surface area contributed by atoms with Crippen LogP contribution in [0.15, 0.2) is 41.7 Å². The maximum atomic E-state index is 13.0. The van der Waals surface area contributed by atoms with Crippen molar-refractivity contribution in [3.05, 3.63) is 47.8 Å². The molecule has 0 bridgehead atoms. The van der Waals surface area contributed by atoms with Gasteiger partial charge in [0.05, 0.1) is 18.3 Å². The minimum absolute atomic E-state index is 0. The van der Waals surface area contributed by atoms with Crippen molar-refractivity contribution < 1.29 is 17.9 Å². The molecule has 6 nitrogen and oxygen atoms in total. The molecule has 28 heavy (non-hydrogen) atoms. The molecule has 0 saturated carbocycles. The molecule has 0 aliphatic rings. The number of guanidine groups is 1. The summed E-state index contributed by atoms with van der Waals surface area (Å²) in [6, 6.07) is 5.17. The predicted octanol–water partition coefficient (Wildman–Crippen LogP) is 3.53. The molecular weight excluding hydrogens is 486 g/mol. The summed E-state index contributed by atoms with van der Waals surface area (Å²) in [5, 5.41) is 7.29. The summed E-state index contributed by atoms with van der Waals surface area (Å²) < 4.78 is 45.9. The van der Waals surface area contributed by atoms with E-state index < -0.39 is 11.7 Å². The molecule has 1 N–H and O–H groups in total. The number of rotatable bonds is 7. The maximum absolute atomic E-state index is 13.0. The van der Waals surface area contributed by atoms with Crippen molar-refractivity contribution in [1.82, 2.24) is 20.0 Å². The molecule has 0 aliphatic heterocycles. The van der Waals surface area contributed by atoms with Crippen LogP contribution < -0.4 is 10.1 Å². The summed E-state index contributed by atoms with van der Waals surface area (Å²) in [6.07, 6.45) is -0.757. The number of aryl methyl sites for hydroxylation is 1. The second-order valence-corrected chi connectivity index (χ2v) is 5.96. The van der Waals surface area contributed by atoms with E-state index in [4.69, 9.17) is 4.74 Å². The third-order valence-corrected chi connectivity index (χ3v) is 3.68. The maximum Gasteiger partial charge on any atom is 0.419 e. The van der Waals surface area contributed by atoms with Gasteiger partial charge in [-0.1, -0.05) is 12.1 Å². The second-order valence-electron chi connectivity index (χ2n) is 5.96. The highest BCUT2D eigenvalue weighted by Gasteiger charge is 2.33. The fourth-order valence-corrected chi connectivity index (χ4v) is 2.51. The molecule has 0 fully saturated rings. The lowest BCUT2D eigenvalue weighted by Gasteiger charge is -2.21. The van der Waals surface area contributed by atoms with E-state index in [1.807, 2.05) is 32.1 Å². The van der Waals surface area contributed by atoms with Gasteiger partial charge in [-0.3, -0.25) is 4.68 Å². The van der Waals surface area contributed by atoms with Crippen LogP contribution in [0.2, 0.25) is 0 Å². The van der Waals surface area contributed by atoms with Gasteiger partial charge in [-0.15, -0.1) is 24.0 Å². The van der Waals surface area contributed by atoms with Crippen molar-refractivity contribution in [3.63, 3.8) is 0 Å². The molecule has 1 aromatic heterocycles. The fraction of sp³-hybridized carbons (Fsp3) is 0.444. The van der Waals surface area contributed by atoms with Crippen LogP contribution in [0.3, 0.4) is 0 Å². The Labute approximate surface area is 179 Å². The van der Waals surface area contributed by atoms with Crippen molar-refractivity contribution in [2.24, 2.45) is 12.0 Å². The van der Waals surface area contributed by atoms with Gasteiger partial charge in [-0.25, -0.2) is 4.99 Å². The van der Waals surface area contributed by atoms with Gasteiger partial charge < -0.3 is 15.0 Å². The Morgan fingerprint density at radius 3 is 2.64 bits per heavy atom. The zero-order chi connectivity index (χ0) is 19.9. The molecule has 0 aliphatic carbocycles. The van der Waals surface area contributed by atoms with Crippen LogP contribution in [0.25, 0.3) is 0 Å². The number of hydrogen-bond acceptors (Lipinski definition) is 3. The minimum Gasteiger partial charge on any atom is -0.491 e. The molecule has 0 spiro atoms. The fourth-order valence-electron chi connectivity index (χ4n) is 2.51. The third-order valence-electron chi connectivity index (χ3n) is 3.68. The molecule has 0 atom stereocenters. The van der Waals surface area contributed by atoms with Gasteiger partial charge in [0, 0.05) is 38.9 Å². The number of ether oxygens (including phenoxy) is 1. The summed E-state index contributed by atoms with van der Waals surface area (Å²) in [4.78, 5) is 6.34. The van der Waals surface area contributed by atoms with Crippen molar-refractivity contribution >= 4 is 29.9 Å². The average Bonchev–Trinajstić information content (AvgIpc) is 3.02. The first-order valence-corrected chi connectivity index (χ1v) is 8.57. The number of para-hydroxylation sites is 1. The number of halogens is 4. The molecule has 10 heteroatoms. The Bertz CT molecular complexity index is 764. The number of aliphatic imine (C=N–C) groups is 1. The smallest absolute Gasteiger partial charge is 0.419 e. The van der Waals surface area contributed by atoms with Crippen LogP contribution in [0.5, 0.6) is 5.75 Å². The van der Waals surface area contributed by atoms with E-state index in [1.54, 1.807) is 10.9 Å². The predicted molar refractivity (Wildman–Crippen MR) is 113 cm³/mol. The largest absolute Gasteiger partial charge is 0.491 e.